The number of carbonyl (C=O) groups excluding carboxylic acids is 1. The van der Waals surface area contributed by atoms with E-state index in [1.54, 1.807) is 4.90 Å². The average Bonchev–Trinajstić information content (AvgIpc) is 3.04. The summed E-state index contributed by atoms with van der Waals surface area (Å²) in [6.45, 7) is 0.656. The number of carbonyl (C=O) groups is 1. The van der Waals surface area contributed by atoms with Crippen molar-refractivity contribution in [3.05, 3.63) is 46.2 Å². The fourth-order valence-corrected chi connectivity index (χ4v) is 4.77. The lowest BCUT2D eigenvalue weighted by Gasteiger charge is -2.29. The molecule has 0 aliphatic carbocycles. The van der Waals surface area contributed by atoms with Gasteiger partial charge in [-0.05, 0) is 30.5 Å². The molecule has 0 atom stereocenters. The number of fused-ring (bicyclic) bond motifs is 1. The van der Waals surface area contributed by atoms with Crippen LogP contribution in [0.1, 0.15) is 21.7 Å². The van der Waals surface area contributed by atoms with Crippen LogP contribution >= 0.6 is 11.3 Å². The van der Waals surface area contributed by atoms with Crippen molar-refractivity contribution < 1.29 is 13.2 Å². The van der Waals surface area contributed by atoms with Crippen LogP contribution in [0.2, 0.25) is 0 Å². The van der Waals surface area contributed by atoms with Crippen LogP contribution in [0.25, 0.3) is 0 Å². The lowest BCUT2D eigenvalue weighted by molar-refractivity contribution is 0.0989. The zero-order chi connectivity index (χ0) is 16.6. The summed E-state index contributed by atoms with van der Waals surface area (Å²) in [5, 5.41) is 1.53. The molecule has 0 N–H and O–H groups in total. The van der Waals surface area contributed by atoms with Crippen LogP contribution in [0, 0.1) is 0 Å². The largest absolute Gasteiger partial charge is 0.307 e. The van der Waals surface area contributed by atoms with Crippen molar-refractivity contribution in [2.45, 2.75) is 17.7 Å². The van der Waals surface area contributed by atoms with Crippen LogP contribution in [0.4, 0.5) is 5.69 Å². The Labute approximate surface area is 140 Å². The number of hydrogen-bond donors (Lipinski definition) is 0. The number of hydrogen-bond acceptors (Lipinski definition) is 4. The predicted octanol–water partition coefficient (Wildman–Crippen LogP) is 2.59. The molecule has 1 aromatic carbocycles. The Hall–Kier alpha value is -1.70. The van der Waals surface area contributed by atoms with Gasteiger partial charge >= 0.3 is 0 Å². The molecule has 2 heterocycles. The van der Waals surface area contributed by atoms with Crippen molar-refractivity contribution >= 4 is 33.0 Å². The van der Waals surface area contributed by atoms with Gasteiger partial charge in [-0.1, -0.05) is 18.2 Å². The van der Waals surface area contributed by atoms with E-state index in [2.05, 4.69) is 0 Å². The Morgan fingerprint density at radius 2 is 2.00 bits per heavy atom. The second-order valence-electron chi connectivity index (χ2n) is 5.62. The van der Waals surface area contributed by atoms with Crippen LogP contribution in [-0.4, -0.2) is 39.3 Å². The Morgan fingerprint density at radius 3 is 2.74 bits per heavy atom. The predicted molar refractivity (Wildman–Crippen MR) is 91.6 cm³/mol. The third-order valence-corrected chi connectivity index (χ3v) is 6.78. The van der Waals surface area contributed by atoms with Crippen molar-refractivity contribution in [3.63, 3.8) is 0 Å². The lowest BCUT2D eigenvalue weighted by Crippen LogP contribution is -2.35. The molecule has 7 heteroatoms. The maximum Gasteiger partial charge on any atom is 0.268 e. The Kier molecular flexibility index (Phi) is 4.27. The highest BCUT2D eigenvalue weighted by Crippen LogP contribution is 2.30. The number of aryl methyl sites for hydroxylation is 1. The number of amides is 1. The van der Waals surface area contributed by atoms with Crippen molar-refractivity contribution in [1.82, 2.24) is 4.31 Å². The first kappa shape index (κ1) is 16.2. The Bertz CT molecular complexity index is 841. The molecule has 1 aliphatic rings. The third kappa shape index (κ3) is 2.91. The van der Waals surface area contributed by atoms with Gasteiger partial charge in [-0.25, -0.2) is 12.7 Å². The quantitative estimate of drug-likeness (QED) is 0.855. The van der Waals surface area contributed by atoms with Crippen LogP contribution in [-0.2, 0) is 16.4 Å². The van der Waals surface area contributed by atoms with Gasteiger partial charge < -0.3 is 4.90 Å². The monoisotopic (exact) mass is 350 g/mol. The van der Waals surface area contributed by atoms with Crippen molar-refractivity contribution in [2.24, 2.45) is 0 Å². The zero-order valence-electron chi connectivity index (χ0n) is 13.0. The number of para-hydroxylation sites is 1. The van der Waals surface area contributed by atoms with E-state index < -0.39 is 10.0 Å². The Morgan fingerprint density at radius 1 is 1.26 bits per heavy atom. The topological polar surface area (TPSA) is 57.7 Å². The molecule has 2 aromatic rings. The molecule has 3 rings (SSSR count). The minimum Gasteiger partial charge on any atom is -0.307 e. The van der Waals surface area contributed by atoms with Gasteiger partial charge in [0, 0.05) is 31.7 Å². The minimum absolute atomic E-state index is 0.137. The highest BCUT2D eigenvalue weighted by atomic mass is 32.2. The summed E-state index contributed by atoms with van der Waals surface area (Å²) in [6.07, 6.45) is 1.88. The number of nitrogens with zero attached hydrogens (tertiary/aromatic N) is 2. The number of rotatable bonds is 3. The van der Waals surface area contributed by atoms with Gasteiger partial charge in [-0.15, -0.1) is 11.3 Å². The summed E-state index contributed by atoms with van der Waals surface area (Å²) < 4.78 is 25.5. The van der Waals surface area contributed by atoms with Gasteiger partial charge in [0.1, 0.15) is 0 Å². The summed E-state index contributed by atoms with van der Waals surface area (Å²) in [5.41, 5.74) is 2.08. The molecule has 0 spiro atoms. The molecule has 0 fully saturated rings. The fourth-order valence-electron chi connectivity index (χ4n) is 2.65. The highest BCUT2D eigenvalue weighted by Gasteiger charge is 2.26. The summed E-state index contributed by atoms with van der Waals surface area (Å²) in [7, 11) is -0.545. The molecule has 23 heavy (non-hydrogen) atoms. The first-order valence-corrected chi connectivity index (χ1v) is 9.64. The molecule has 0 unspecified atom stereocenters. The normalized spacial score (nSPS) is 14.8. The van der Waals surface area contributed by atoms with Gasteiger partial charge in [0.05, 0.1) is 9.77 Å². The molecule has 0 saturated carbocycles. The third-order valence-electron chi connectivity index (χ3n) is 3.92. The smallest absolute Gasteiger partial charge is 0.268 e. The maximum atomic E-state index is 12.8. The fraction of sp³-hybridized carbons (Fsp3) is 0.312. The van der Waals surface area contributed by atoms with E-state index >= 15 is 0 Å². The Balaban J connectivity index is 1.93. The first-order chi connectivity index (χ1) is 10.9. The van der Waals surface area contributed by atoms with Crippen molar-refractivity contribution in [1.29, 1.82) is 0 Å². The SMILES string of the molecule is CN(C)S(=O)(=O)c1csc(C(=O)N2CCCc3ccccc32)c1. The molecule has 1 aliphatic heterocycles. The summed E-state index contributed by atoms with van der Waals surface area (Å²) in [6, 6.07) is 9.34. The molecule has 0 radical (unpaired) electrons. The molecule has 0 bridgehead atoms. The van der Waals surface area contributed by atoms with Gasteiger partial charge in [-0.3, -0.25) is 4.79 Å². The van der Waals surface area contributed by atoms with E-state index in [0.29, 0.717) is 11.4 Å². The number of sulfonamides is 1. The van der Waals surface area contributed by atoms with E-state index in [9.17, 15) is 13.2 Å². The zero-order valence-corrected chi connectivity index (χ0v) is 14.7. The van der Waals surface area contributed by atoms with E-state index in [1.807, 2.05) is 24.3 Å². The van der Waals surface area contributed by atoms with E-state index in [-0.39, 0.29) is 10.8 Å². The lowest BCUT2D eigenvalue weighted by atomic mass is 10.0. The summed E-state index contributed by atoms with van der Waals surface area (Å²) in [5.74, 6) is -0.137. The van der Waals surface area contributed by atoms with E-state index in [1.165, 1.54) is 36.9 Å². The van der Waals surface area contributed by atoms with Crippen LogP contribution in [0.3, 0.4) is 0 Å². The molecule has 5 nitrogen and oxygen atoms in total. The standard InChI is InChI=1S/C16H18N2O3S2/c1-17(2)23(20,21)13-10-15(22-11-13)16(19)18-9-5-7-12-6-3-4-8-14(12)18/h3-4,6,8,10-11H,5,7,9H2,1-2H3. The number of thiophene rings is 1. The molecule has 1 aromatic heterocycles. The molecule has 0 saturated heterocycles. The maximum absolute atomic E-state index is 12.8. The second-order valence-corrected chi connectivity index (χ2v) is 8.69. The number of benzene rings is 1. The van der Waals surface area contributed by atoms with Crippen LogP contribution < -0.4 is 4.90 Å². The van der Waals surface area contributed by atoms with E-state index in [0.717, 1.165) is 28.4 Å². The van der Waals surface area contributed by atoms with Crippen LogP contribution in [0.5, 0.6) is 0 Å². The highest BCUT2D eigenvalue weighted by molar-refractivity contribution is 7.89. The second kappa shape index (κ2) is 6.07. The van der Waals surface area contributed by atoms with E-state index in [4.69, 9.17) is 0 Å². The molecule has 1 amide bonds. The van der Waals surface area contributed by atoms with Gasteiger partial charge in [0.25, 0.3) is 5.91 Å². The van der Waals surface area contributed by atoms with Gasteiger partial charge in [-0.2, -0.15) is 0 Å². The molecular formula is C16H18N2O3S2. The first-order valence-electron chi connectivity index (χ1n) is 7.32. The molecular weight excluding hydrogens is 332 g/mol. The van der Waals surface area contributed by atoms with Crippen molar-refractivity contribution in [3.8, 4) is 0 Å². The van der Waals surface area contributed by atoms with Crippen molar-refractivity contribution in [2.75, 3.05) is 25.5 Å². The summed E-state index contributed by atoms with van der Waals surface area (Å²) >= 11 is 1.17. The van der Waals surface area contributed by atoms with Crippen LogP contribution in [0.15, 0.2) is 40.6 Å². The number of anilines is 1. The average molecular weight is 350 g/mol. The minimum atomic E-state index is -3.51. The summed E-state index contributed by atoms with van der Waals surface area (Å²) in [4.78, 5) is 15.2. The molecule has 122 valence electrons. The van der Waals surface area contributed by atoms with Gasteiger partial charge in [0.2, 0.25) is 10.0 Å². The van der Waals surface area contributed by atoms with Gasteiger partial charge in [0.15, 0.2) is 0 Å².